The highest BCUT2D eigenvalue weighted by atomic mass is 79.9. The Labute approximate surface area is 120 Å². The van der Waals surface area contributed by atoms with Crippen molar-refractivity contribution in [1.29, 1.82) is 0 Å². The smallest absolute Gasteiger partial charge is 0.361 e. The van der Waals surface area contributed by atoms with E-state index < -0.39 is 17.6 Å². The zero-order valence-electron chi connectivity index (χ0n) is 10.1. The minimum atomic E-state index is -4.48. The molecule has 106 valence electrons. The average molecular weight is 349 g/mol. The van der Waals surface area contributed by atoms with Crippen LogP contribution in [0.4, 0.5) is 18.9 Å². The summed E-state index contributed by atoms with van der Waals surface area (Å²) in [5, 5.41) is 5.83. The summed E-state index contributed by atoms with van der Waals surface area (Å²) in [5.41, 5.74) is -0.857. The van der Waals surface area contributed by atoms with E-state index in [0.717, 1.165) is 12.1 Å². The highest BCUT2D eigenvalue weighted by Gasteiger charge is 2.31. The summed E-state index contributed by atoms with van der Waals surface area (Å²) in [7, 11) is 0. The number of aromatic nitrogens is 1. The molecule has 0 fully saturated rings. The molecule has 1 aromatic carbocycles. The molecule has 8 heteroatoms. The predicted molar refractivity (Wildman–Crippen MR) is 68.3 cm³/mol. The molecule has 20 heavy (non-hydrogen) atoms. The lowest BCUT2D eigenvalue weighted by atomic mass is 10.2. The van der Waals surface area contributed by atoms with Crippen LogP contribution in [0.5, 0.6) is 0 Å². The molecule has 0 saturated heterocycles. The van der Waals surface area contributed by atoms with Crippen molar-refractivity contribution in [1.82, 2.24) is 5.16 Å². The minimum absolute atomic E-state index is 0.00507. The quantitative estimate of drug-likeness (QED) is 0.891. The van der Waals surface area contributed by atoms with Crippen LogP contribution < -0.4 is 5.32 Å². The molecular weight excluding hydrogens is 341 g/mol. The van der Waals surface area contributed by atoms with Crippen LogP contribution in [0.15, 0.2) is 33.3 Å². The molecule has 0 aliphatic heterocycles. The maximum absolute atomic E-state index is 12.6. The molecule has 4 nitrogen and oxygen atoms in total. The molecule has 1 aromatic heterocycles. The lowest BCUT2D eigenvalue weighted by molar-refractivity contribution is -0.137. The van der Waals surface area contributed by atoms with E-state index >= 15 is 0 Å². The number of nitrogens with one attached hydrogen (secondary N) is 1. The summed E-state index contributed by atoms with van der Waals surface area (Å²) in [4.78, 5) is 11.8. The third-order valence-corrected chi connectivity index (χ3v) is 3.09. The molecule has 2 aromatic rings. The van der Waals surface area contributed by atoms with Gasteiger partial charge in [-0.15, -0.1) is 0 Å². The Hall–Kier alpha value is -1.83. The molecule has 0 aliphatic rings. The summed E-state index contributed by atoms with van der Waals surface area (Å²) in [6, 6.07) is 4.36. The number of anilines is 1. The number of carbonyl (C=O) groups is 1. The third kappa shape index (κ3) is 3.19. The highest BCUT2D eigenvalue weighted by molar-refractivity contribution is 9.10. The predicted octanol–water partition coefficient (Wildman–Crippen LogP) is 4.02. The van der Waals surface area contributed by atoms with Gasteiger partial charge in [0.25, 0.3) is 5.91 Å². The molecule has 1 heterocycles. The first kappa shape index (κ1) is 14.6. The normalized spacial score (nSPS) is 11.4. The van der Waals surface area contributed by atoms with Crippen LogP contribution >= 0.6 is 15.9 Å². The van der Waals surface area contributed by atoms with E-state index in [1.165, 1.54) is 12.1 Å². The fraction of sp³-hybridized carbons (Fsp3) is 0.167. The molecule has 0 spiro atoms. The summed E-state index contributed by atoms with van der Waals surface area (Å²) < 4.78 is 42.9. The Morgan fingerprint density at radius 1 is 1.35 bits per heavy atom. The summed E-state index contributed by atoms with van der Waals surface area (Å²) in [6.07, 6.45) is -4.48. The number of alkyl halides is 3. The van der Waals surface area contributed by atoms with Gasteiger partial charge in [0.15, 0.2) is 5.69 Å². The fourth-order valence-corrected chi connectivity index (χ4v) is 1.80. The standard InChI is InChI=1S/C12H8BrF3N2O2/c1-6-4-10(18-20-6)11(19)17-9-5-7(12(14,15)16)2-3-8(9)13/h2-5H,1H3,(H,17,19). The van der Waals surface area contributed by atoms with Gasteiger partial charge in [0, 0.05) is 10.5 Å². The summed E-state index contributed by atoms with van der Waals surface area (Å²) >= 11 is 3.08. The molecule has 0 bridgehead atoms. The lowest BCUT2D eigenvalue weighted by Gasteiger charge is -2.11. The van der Waals surface area contributed by atoms with Gasteiger partial charge >= 0.3 is 6.18 Å². The highest BCUT2D eigenvalue weighted by Crippen LogP contribution is 2.34. The number of nitrogens with zero attached hydrogens (tertiary/aromatic N) is 1. The SMILES string of the molecule is Cc1cc(C(=O)Nc2cc(C(F)(F)F)ccc2Br)no1. The number of hydrogen-bond acceptors (Lipinski definition) is 3. The van der Waals surface area contributed by atoms with Gasteiger partial charge < -0.3 is 9.84 Å². The topological polar surface area (TPSA) is 55.1 Å². The number of hydrogen-bond donors (Lipinski definition) is 1. The maximum Gasteiger partial charge on any atom is 0.416 e. The van der Waals surface area contributed by atoms with Gasteiger partial charge in [-0.25, -0.2) is 0 Å². The van der Waals surface area contributed by atoms with Crippen molar-refractivity contribution >= 4 is 27.5 Å². The van der Waals surface area contributed by atoms with Crippen molar-refractivity contribution in [2.75, 3.05) is 5.32 Å². The average Bonchev–Trinajstić information content (AvgIpc) is 2.77. The van der Waals surface area contributed by atoms with Gasteiger partial charge in [0.05, 0.1) is 11.3 Å². The second-order valence-electron chi connectivity index (χ2n) is 3.97. The van der Waals surface area contributed by atoms with Crippen molar-refractivity contribution in [2.24, 2.45) is 0 Å². The Morgan fingerprint density at radius 2 is 2.05 bits per heavy atom. The van der Waals surface area contributed by atoms with Crippen LogP contribution in [-0.4, -0.2) is 11.1 Å². The molecule has 0 radical (unpaired) electrons. The second-order valence-corrected chi connectivity index (χ2v) is 4.82. The Balaban J connectivity index is 2.27. The van der Waals surface area contributed by atoms with E-state index in [9.17, 15) is 18.0 Å². The molecule has 0 aliphatic carbocycles. The van der Waals surface area contributed by atoms with Crippen LogP contribution in [0.2, 0.25) is 0 Å². The molecule has 1 amide bonds. The van der Waals surface area contributed by atoms with E-state index in [4.69, 9.17) is 4.52 Å². The second kappa shape index (κ2) is 5.28. The molecule has 2 rings (SSSR count). The van der Waals surface area contributed by atoms with Crippen LogP contribution in [0.3, 0.4) is 0 Å². The van der Waals surface area contributed by atoms with Crippen LogP contribution in [0.1, 0.15) is 21.8 Å². The van der Waals surface area contributed by atoms with Crippen molar-refractivity contribution in [3.63, 3.8) is 0 Å². The Kier molecular flexibility index (Phi) is 3.85. The molecule has 1 N–H and O–H groups in total. The zero-order valence-corrected chi connectivity index (χ0v) is 11.7. The van der Waals surface area contributed by atoms with Crippen molar-refractivity contribution in [3.8, 4) is 0 Å². The third-order valence-electron chi connectivity index (χ3n) is 2.40. The number of aryl methyl sites for hydroxylation is 1. The minimum Gasteiger partial charge on any atom is -0.361 e. The number of rotatable bonds is 2. The Morgan fingerprint density at radius 3 is 2.60 bits per heavy atom. The van der Waals surface area contributed by atoms with Crippen molar-refractivity contribution in [2.45, 2.75) is 13.1 Å². The van der Waals surface area contributed by atoms with E-state index in [0.29, 0.717) is 10.2 Å². The molecular formula is C12H8BrF3N2O2. The number of halogens is 4. The number of carbonyl (C=O) groups excluding carboxylic acids is 1. The van der Waals surface area contributed by atoms with Crippen LogP contribution in [0, 0.1) is 6.92 Å². The van der Waals surface area contributed by atoms with Gasteiger partial charge in [-0.2, -0.15) is 13.2 Å². The zero-order chi connectivity index (χ0) is 14.9. The van der Waals surface area contributed by atoms with E-state index in [-0.39, 0.29) is 11.4 Å². The summed E-state index contributed by atoms with van der Waals surface area (Å²) in [6.45, 7) is 1.60. The largest absolute Gasteiger partial charge is 0.416 e. The van der Waals surface area contributed by atoms with Crippen LogP contribution in [0.25, 0.3) is 0 Å². The fourth-order valence-electron chi connectivity index (χ4n) is 1.46. The maximum atomic E-state index is 12.6. The molecule has 0 saturated carbocycles. The number of amides is 1. The first-order chi connectivity index (χ1) is 9.27. The monoisotopic (exact) mass is 348 g/mol. The van der Waals surface area contributed by atoms with Crippen LogP contribution in [-0.2, 0) is 6.18 Å². The van der Waals surface area contributed by atoms with Gasteiger partial charge in [-0.05, 0) is 41.1 Å². The first-order valence-corrected chi connectivity index (χ1v) is 6.18. The van der Waals surface area contributed by atoms with E-state index in [1.807, 2.05) is 0 Å². The molecule has 0 atom stereocenters. The number of benzene rings is 1. The van der Waals surface area contributed by atoms with Gasteiger partial charge in [0.1, 0.15) is 5.76 Å². The Bertz CT molecular complexity index is 652. The van der Waals surface area contributed by atoms with Crippen molar-refractivity contribution < 1.29 is 22.5 Å². The lowest BCUT2D eigenvalue weighted by Crippen LogP contribution is -2.14. The summed E-state index contributed by atoms with van der Waals surface area (Å²) in [5.74, 6) is -0.222. The van der Waals surface area contributed by atoms with Gasteiger partial charge in [-0.1, -0.05) is 5.16 Å². The van der Waals surface area contributed by atoms with E-state index in [2.05, 4.69) is 26.4 Å². The van der Waals surface area contributed by atoms with Gasteiger partial charge in [-0.3, -0.25) is 4.79 Å². The molecule has 0 unspecified atom stereocenters. The van der Waals surface area contributed by atoms with E-state index in [1.54, 1.807) is 6.92 Å². The first-order valence-electron chi connectivity index (χ1n) is 5.39. The van der Waals surface area contributed by atoms with Gasteiger partial charge in [0.2, 0.25) is 0 Å². The van der Waals surface area contributed by atoms with Crippen molar-refractivity contribution in [3.05, 3.63) is 45.8 Å².